The van der Waals surface area contributed by atoms with Gasteiger partial charge in [-0.3, -0.25) is 0 Å². The maximum Gasteiger partial charge on any atom is 0.202 e. The van der Waals surface area contributed by atoms with Crippen LogP contribution >= 0.6 is 11.5 Å². The van der Waals surface area contributed by atoms with Crippen molar-refractivity contribution in [1.82, 2.24) is 9.36 Å². The molecule has 2 atom stereocenters. The van der Waals surface area contributed by atoms with Crippen molar-refractivity contribution in [3.63, 3.8) is 0 Å². The second-order valence-electron chi connectivity index (χ2n) is 5.26. The number of hydrogen-bond donors (Lipinski definition) is 1. The van der Waals surface area contributed by atoms with E-state index in [2.05, 4.69) is 14.7 Å². The van der Waals surface area contributed by atoms with E-state index < -0.39 is 11.6 Å². The smallest absolute Gasteiger partial charge is 0.202 e. The van der Waals surface area contributed by atoms with E-state index in [-0.39, 0.29) is 12.1 Å². The molecule has 1 aliphatic rings. The average Bonchev–Trinajstić information content (AvgIpc) is 3.18. The summed E-state index contributed by atoms with van der Waals surface area (Å²) >= 11 is 1.27. The first-order valence-corrected chi connectivity index (χ1v) is 8.09. The first-order valence-electron chi connectivity index (χ1n) is 7.32. The molecule has 1 aromatic carbocycles. The molecule has 23 heavy (non-hydrogen) atoms. The molecule has 1 N–H and O–H groups in total. The lowest BCUT2D eigenvalue weighted by Crippen LogP contribution is -2.23. The van der Waals surface area contributed by atoms with Crippen molar-refractivity contribution in [2.24, 2.45) is 0 Å². The standard InChI is InChI=1S/C15H17F2N3O2S/c1-21-6-5-13-19-15(23-20-13)18-12-4-7-22-14(12)9-2-3-10(16)11(17)8-9/h2-3,8,12,14H,4-7H2,1H3,(H,18,19,20). The second kappa shape index (κ2) is 7.29. The van der Waals surface area contributed by atoms with Gasteiger partial charge in [-0.15, -0.1) is 0 Å². The molecule has 2 unspecified atom stereocenters. The van der Waals surface area contributed by atoms with Gasteiger partial charge in [0.25, 0.3) is 0 Å². The van der Waals surface area contributed by atoms with Gasteiger partial charge in [-0.05, 0) is 24.1 Å². The van der Waals surface area contributed by atoms with Gasteiger partial charge in [-0.25, -0.2) is 13.8 Å². The normalized spacial score (nSPS) is 20.8. The quantitative estimate of drug-likeness (QED) is 0.875. The van der Waals surface area contributed by atoms with E-state index in [1.165, 1.54) is 17.6 Å². The van der Waals surface area contributed by atoms with Crippen molar-refractivity contribution in [1.29, 1.82) is 0 Å². The maximum absolute atomic E-state index is 13.4. The van der Waals surface area contributed by atoms with Gasteiger partial charge in [0.2, 0.25) is 5.13 Å². The number of benzene rings is 1. The highest BCUT2D eigenvalue weighted by Gasteiger charge is 2.31. The Kier molecular flexibility index (Phi) is 5.14. The van der Waals surface area contributed by atoms with Crippen molar-refractivity contribution >= 4 is 16.7 Å². The molecule has 0 bridgehead atoms. The third-order valence-electron chi connectivity index (χ3n) is 3.67. The Morgan fingerprint density at radius 2 is 2.26 bits per heavy atom. The van der Waals surface area contributed by atoms with Crippen LogP contribution in [0.4, 0.5) is 13.9 Å². The molecule has 0 amide bonds. The molecular formula is C15H17F2N3O2S. The summed E-state index contributed by atoms with van der Waals surface area (Å²) in [5.41, 5.74) is 0.614. The van der Waals surface area contributed by atoms with Crippen LogP contribution in [0.2, 0.25) is 0 Å². The maximum atomic E-state index is 13.4. The fourth-order valence-electron chi connectivity index (χ4n) is 2.52. The minimum atomic E-state index is -0.866. The second-order valence-corrected chi connectivity index (χ2v) is 6.01. The minimum absolute atomic E-state index is 0.0527. The van der Waals surface area contributed by atoms with Gasteiger partial charge < -0.3 is 14.8 Å². The van der Waals surface area contributed by atoms with Crippen molar-refractivity contribution in [3.05, 3.63) is 41.2 Å². The van der Waals surface area contributed by atoms with E-state index in [1.807, 2.05) is 0 Å². The predicted molar refractivity (Wildman–Crippen MR) is 82.6 cm³/mol. The van der Waals surface area contributed by atoms with Crippen molar-refractivity contribution < 1.29 is 18.3 Å². The molecule has 1 saturated heterocycles. The molecule has 0 saturated carbocycles. The molecule has 8 heteroatoms. The average molecular weight is 341 g/mol. The highest BCUT2D eigenvalue weighted by atomic mass is 32.1. The monoisotopic (exact) mass is 341 g/mol. The van der Waals surface area contributed by atoms with Crippen molar-refractivity contribution in [3.8, 4) is 0 Å². The Labute approximate surface area is 136 Å². The van der Waals surface area contributed by atoms with E-state index in [4.69, 9.17) is 9.47 Å². The zero-order valence-electron chi connectivity index (χ0n) is 12.6. The van der Waals surface area contributed by atoms with Gasteiger partial charge in [-0.2, -0.15) is 4.37 Å². The van der Waals surface area contributed by atoms with Gasteiger partial charge in [0.15, 0.2) is 11.6 Å². The van der Waals surface area contributed by atoms with Crippen LogP contribution < -0.4 is 5.32 Å². The Morgan fingerprint density at radius 3 is 3.04 bits per heavy atom. The zero-order chi connectivity index (χ0) is 16.2. The number of nitrogens with zero attached hydrogens (tertiary/aromatic N) is 2. The predicted octanol–water partition coefficient (Wildman–Crippen LogP) is 2.95. The molecule has 124 valence electrons. The summed E-state index contributed by atoms with van der Waals surface area (Å²) in [6.45, 7) is 1.12. The van der Waals surface area contributed by atoms with Crippen LogP contribution in [0.15, 0.2) is 18.2 Å². The Balaban J connectivity index is 1.69. The van der Waals surface area contributed by atoms with Gasteiger partial charge >= 0.3 is 0 Å². The zero-order valence-corrected chi connectivity index (χ0v) is 13.4. The van der Waals surface area contributed by atoms with Gasteiger partial charge in [0, 0.05) is 31.7 Å². The minimum Gasteiger partial charge on any atom is -0.384 e. The van der Waals surface area contributed by atoms with E-state index >= 15 is 0 Å². The molecule has 1 aliphatic heterocycles. The first-order chi connectivity index (χ1) is 11.2. The molecule has 2 heterocycles. The fourth-order valence-corrected chi connectivity index (χ4v) is 3.20. The number of hydrogen-bond acceptors (Lipinski definition) is 6. The Bertz CT molecular complexity index is 668. The molecule has 3 rings (SSSR count). The van der Waals surface area contributed by atoms with Crippen LogP contribution in [0.5, 0.6) is 0 Å². The lowest BCUT2D eigenvalue weighted by molar-refractivity contribution is 0.107. The largest absolute Gasteiger partial charge is 0.384 e. The molecular weight excluding hydrogens is 324 g/mol. The molecule has 5 nitrogen and oxygen atoms in total. The summed E-state index contributed by atoms with van der Waals surface area (Å²) in [5.74, 6) is -1.000. The highest BCUT2D eigenvalue weighted by Crippen LogP contribution is 2.32. The number of aromatic nitrogens is 2. The van der Waals surface area contributed by atoms with Gasteiger partial charge in [0.05, 0.1) is 12.6 Å². The summed E-state index contributed by atoms with van der Waals surface area (Å²) in [6.07, 6.45) is 1.08. The summed E-state index contributed by atoms with van der Waals surface area (Å²) in [7, 11) is 1.63. The number of rotatable bonds is 6. The number of nitrogens with one attached hydrogen (secondary N) is 1. The van der Waals surface area contributed by atoms with E-state index in [0.29, 0.717) is 30.3 Å². The van der Waals surface area contributed by atoms with Crippen LogP contribution in [0, 0.1) is 11.6 Å². The fraction of sp³-hybridized carbons (Fsp3) is 0.467. The molecule has 1 aromatic heterocycles. The lowest BCUT2D eigenvalue weighted by Gasteiger charge is -2.19. The SMILES string of the molecule is COCCc1nsc(NC2CCOC2c2ccc(F)c(F)c2)n1. The highest BCUT2D eigenvalue weighted by molar-refractivity contribution is 7.09. The van der Waals surface area contributed by atoms with E-state index in [1.54, 1.807) is 13.2 Å². The van der Waals surface area contributed by atoms with Crippen LogP contribution in [0.25, 0.3) is 0 Å². The summed E-state index contributed by atoms with van der Waals surface area (Å²) in [4.78, 5) is 4.40. The first kappa shape index (κ1) is 16.2. The van der Waals surface area contributed by atoms with Crippen molar-refractivity contribution in [2.75, 3.05) is 25.6 Å². The van der Waals surface area contributed by atoms with E-state index in [0.717, 1.165) is 18.3 Å². The van der Waals surface area contributed by atoms with Gasteiger partial charge in [-0.1, -0.05) is 6.07 Å². The van der Waals surface area contributed by atoms with Crippen LogP contribution in [0.3, 0.4) is 0 Å². The van der Waals surface area contributed by atoms with Crippen molar-refractivity contribution in [2.45, 2.75) is 25.0 Å². The topological polar surface area (TPSA) is 56.3 Å². The number of ether oxygens (including phenoxy) is 2. The Hall–Kier alpha value is -1.64. The van der Waals surface area contributed by atoms with Crippen LogP contribution in [-0.2, 0) is 15.9 Å². The molecule has 1 fully saturated rings. The molecule has 0 aliphatic carbocycles. The third-order valence-corrected chi connectivity index (χ3v) is 4.35. The van der Waals surface area contributed by atoms with Crippen LogP contribution in [0.1, 0.15) is 23.9 Å². The number of halogens is 2. The van der Waals surface area contributed by atoms with Gasteiger partial charge in [0.1, 0.15) is 11.9 Å². The third kappa shape index (κ3) is 3.82. The summed E-state index contributed by atoms with van der Waals surface area (Å²) in [6, 6.07) is 3.80. The number of methoxy groups -OCH3 is 1. The molecule has 2 aromatic rings. The summed E-state index contributed by atoms with van der Waals surface area (Å²) in [5, 5.41) is 3.98. The summed E-state index contributed by atoms with van der Waals surface area (Å²) < 4.78 is 41.4. The molecule has 0 spiro atoms. The molecule has 0 radical (unpaired) electrons. The number of anilines is 1. The van der Waals surface area contributed by atoms with Crippen LogP contribution in [-0.4, -0.2) is 35.7 Å². The Morgan fingerprint density at radius 1 is 1.39 bits per heavy atom. The lowest BCUT2D eigenvalue weighted by atomic mass is 10.0. The van der Waals surface area contributed by atoms with E-state index in [9.17, 15) is 8.78 Å².